The van der Waals surface area contributed by atoms with Gasteiger partial charge in [0.15, 0.2) is 0 Å². The van der Waals surface area contributed by atoms with Gasteiger partial charge in [-0.15, -0.1) is 0 Å². The van der Waals surface area contributed by atoms with Crippen LogP contribution in [0.3, 0.4) is 0 Å². The van der Waals surface area contributed by atoms with Crippen molar-refractivity contribution in [3.05, 3.63) is 29.8 Å². The Morgan fingerprint density at radius 3 is 2.06 bits per heavy atom. The summed E-state index contributed by atoms with van der Waals surface area (Å²) in [5, 5.41) is 33.9. The molecule has 0 heterocycles. The minimum atomic E-state index is -1.46. The van der Waals surface area contributed by atoms with Crippen LogP contribution in [0.5, 0.6) is 0 Å². The number of rotatable bonds is 13. The first kappa shape index (κ1) is 26.3. The maximum absolute atomic E-state index is 12.1. The predicted octanol–water partition coefficient (Wildman–Crippen LogP) is -0.168. The molecule has 0 unspecified atom stereocenters. The molecule has 2 atom stereocenters. The van der Waals surface area contributed by atoms with Crippen LogP contribution in [0.2, 0.25) is 0 Å². The van der Waals surface area contributed by atoms with Crippen LogP contribution in [0.15, 0.2) is 24.3 Å². The predicted molar refractivity (Wildman–Crippen MR) is 104 cm³/mol. The second-order valence-corrected chi connectivity index (χ2v) is 8.29. The van der Waals surface area contributed by atoms with Gasteiger partial charge in [0.2, 0.25) is 0 Å². The number of carboxylic acid groups (broad SMARTS) is 3. The van der Waals surface area contributed by atoms with Gasteiger partial charge < -0.3 is 15.5 Å². The molecule has 11 nitrogen and oxygen atoms in total. The zero-order chi connectivity index (χ0) is 23.4. The van der Waals surface area contributed by atoms with E-state index in [9.17, 15) is 29.1 Å². The number of hydrogen-bond acceptors (Lipinski definition) is 5. The van der Waals surface area contributed by atoms with Gasteiger partial charge in [-0.25, -0.2) is 9.59 Å². The van der Waals surface area contributed by atoms with Crippen molar-refractivity contribution in [2.45, 2.75) is 44.2 Å². The number of unbranched alkanes of at least 4 members (excludes halogenated alkanes) is 1. The van der Waals surface area contributed by atoms with Crippen LogP contribution in [0.25, 0.3) is 0 Å². The van der Waals surface area contributed by atoms with Gasteiger partial charge in [0.1, 0.15) is 6.04 Å². The molecule has 0 saturated carbocycles. The Labute approximate surface area is 193 Å². The Kier molecular flexibility index (Phi) is 11.5. The molecule has 1 aromatic rings. The summed E-state index contributed by atoms with van der Waals surface area (Å²) in [7, 11) is 0. The van der Waals surface area contributed by atoms with E-state index in [1.165, 1.54) is 24.7 Å². The van der Waals surface area contributed by atoms with Gasteiger partial charge in [-0.1, -0.05) is 0 Å². The van der Waals surface area contributed by atoms with E-state index in [-0.39, 0.29) is 18.7 Å². The minimum Gasteiger partial charge on any atom is -0.480 e. The summed E-state index contributed by atoms with van der Waals surface area (Å²) in [5.41, 5.74) is 0.539. The first-order valence-corrected chi connectivity index (χ1v) is 10.8. The Hall–Kier alpha value is -2.75. The maximum atomic E-state index is 12.1. The number of aliphatic carboxylic acids is 3. The number of carboxylic acids is 3. The quantitative estimate of drug-likeness (QED) is 0.162. The Morgan fingerprint density at radius 1 is 0.903 bits per heavy atom. The van der Waals surface area contributed by atoms with Gasteiger partial charge in [0, 0.05) is 6.42 Å². The number of amides is 3. The van der Waals surface area contributed by atoms with E-state index in [0.717, 1.165) is 3.27 Å². The van der Waals surface area contributed by atoms with Gasteiger partial charge in [0.25, 0.3) is 0 Å². The standard InChI is InChI=1S/C19H24AtN3O8/c20-12-5-3-4-11(10-12)16(26)21-9-2-1-6-13(17(27)28)22-19(31)23-14(18(29)30)7-8-15(24)25/h3-5,10,13-14H,1-2,6-9H2,(H,21,26)(H,24,25)(H,27,28)(H,29,30)(H2,22,23,31)/t13-,14-/m0/s1. The molecule has 0 bridgehead atoms. The van der Waals surface area contributed by atoms with Gasteiger partial charge >= 0.3 is 145 Å². The molecule has 1 aromatic carbocycles. The zero-order valence-corrected chi connectivity index (χ0v) is 19.4. The number of urea groups is 1. The Bertz CT molecular complexity index is 817. The van der Waals surface area contributed by atoms with Crippen LogP contribution >= 0.6 is 0 Å². The molecule has 0 spiro atoms. The van der Waals surface area contributed by atoms with E-state index in [0.29, 0.717) is 24.9 Å². The summed E-state index contributed by atoms with van der Waals surface area (Å²) >= 11 is 1.46. The summed E-state index contributed by atoms with van der Waals surface area (Å²) in [6, 6.07) is 3.42. The van der Waals surface area contributed by atoms with Crippen molar-refractivity contribution >= 4 is 33.1 Å². The smallest absolute Gasteiger partial charge is 0.480 e. The molecule has 170 valence electrons. The molecule has 6 N–H and O–H groups in total. The molecule has 0 saturated heterocycles. The average Bonchev–Trinajstić information content (AvgIpc) is 2.69. The third kappa shape index (κ3) is 10.7. The number of carbonyl (C=O) groups is 5. The van der Waals surface area contributed by atoms with Crippen LogP contribution in [-0.4, -0.2) is 63.8 Å². The number of carbonyl (C=O) groups excluding carboxylic acids is 2. The van der Waals surface area contributed by atoms with E-state index >= 15 is 0 Å². The van der Waals surface area contributed by atoms with Crippen molar-refractivity contribution in [3.8, 4) is 0 Å². The molecule has 0 aromatic heterocycles. The van der Waals surface area contributed by atoms with Crippen molar-refractivity contribution in [2.24, 2.45) is 0 Å². The van der Waals surface area contributed by atoms with E-state index in [2.05, 4.69) is 16.0 Å². The molecular formula is C19H24AtN3O8. The monoisotopic (exact) mass is 632 g/mol. The SMILES string of the molecule is O=C(O)CC[C@H](NC(=O)N[C@@H](CCCCNC(=O)c1cccc([At])c1)C(=O)O)C(=O)O. The van der Waals surface area contributed by atoms with Gasteiger partial charge in [-0.3, -0.25) is 4.79 Å². The molecule has 1 rings (SSSR count). The topological polar surface area (TPSA) is 182 Å². The fraction of sp³-hybridized carbons (Fsp3) is 0.421. The molecule has 31 heavy (non-hydrogen) atoms. The first-order valence-electron chi connectivity index (χ1n) is 9.38. The van der Waals surface area contributed by atoms with E-state index in [1.807, 2.05) is 6.07 Å². The molecule has 0 fully saturated rings. The minimum absolute atomic E-state index is 0.0676. The molecule has 0 aliphatic heterocycles. The fourth-order valence-corrected chi connectivity index (χ4v) is 3.29. The van der Waals surface area contributed by atoms with Crippen molar-refractivity contribution in [1.29, 1.82) is 0 Å². The van der Waals surface area contributed by atoms with Gasteiger partial charge in [-0.2, -0.15) is 0 Å². The summed E-state index contributed by atoms with van der Waals surface area (Å²) in [4.78, 5) is 57.0. The van der Waals surface area contributed by atoms with E-state index < -0.39 is 42.4 Å². The average molecular weight is 632 g/mol. The van der Waals surface area contributed by atoms with Crippen molar-refractivity contribution in [2.75, 3.05) is 6.54 Å². The summed E-state index contributed by atoms with van der Waals surface area (Å²) in [5.74, 6) is -4.16. The van der Waals surface area contributed by atoms with E-state index in [4.69, 9.17) is 10.2 Å². The summed E-state index contributed by atoms with van der Waals surface area (Å²) < 4.78 is 1.01. The molecule has 0 aliphatic carbocycles. The van der Waals surface area contributed by atoms with Crippen LogP contribution in [0.1, 0.15) is 42.5 Å². The van der Waals surface area contributed by atoms with Crippen LogP contribution in [0, 0.1) is 24.7 Å². The Balaban J connectivity index is 2.42. The van der Waals surface area contributed by atoms with Crippen LogP contribution in [0.4, 0.5) is 4.79 Å². The fourth-order valence-electron chi connectivity index (χ4n) is 2.55. The number of nitrogens with one attached hydrogen (secondary N) is 3. The third-order valence-electron chi connectivity index (χ3n) is 4.15. The van der Waals surface area contributed by atoms with Gasteiger partial charge in [0.05, 0.1) is 0 Å². The molecule has 12 heteroatoms. The summed E-state index contributed by atoms with van der Waals surface area (Å²) in [6.07, 6.45) is 0.129. The molecule has 0 aliphatic rings. The van der Waals surface area contributed by atoms with Crippen molar-refractivity contribution < 1.29 is 64.0 Å². The van der Waals surface area contributed by atoms with Crippen LogP contribution < -0.4 is 19.2 Å². The van der Waals surface area contributed by atoms with Gasteiger partial charge in [-0.05, 0) is 6.42 Å². The van der Waals surface area contributed by atoms with Crippen molar-refractivity contribution in [1.82, 2.24) is 16.0 Å². The summed E-state index contributed by atoms with van der Waals surface area (Å²) in [6.45, 7) is 0.326. The Morgan fingerprint density at radius 2 is 1.52 bits per heavy atom. The number of hydrogen-bond donors (Lipinski definition) is 6. The molecular weight excluding hydrogens is 608 g/mol. The third-order valence-corrected chi connectivity index (χ3v) is 5.06. The van der Waals surface area contributed by atoms with Crippen LogP contribution in [-0.2, 0) is 14.4 Å². The zero-order valence-electron chi connectivity index (χ0n) is 16.5. The van der Waals surface area contributed by atoms with E-state index in [1.54, 1.807) is 18.2 Å². The second-order valence-electron chi connectivity index (χ2n) is 6.59. The molecule has 0 radical (unpaired) electrons. The number of benzene rings is 1. The molecule has 3 amide bonds. The first-order chi connectivity index (χ1) is 14.6. The normalized spacial score (nSPS) is 12.3. The van der Waals surface area contributed by atoms with Crippen molar-refractivity contribution in [3.63, 3.8) is 0 Å². The second kappa shape index (κ2) is 13.5.